The molecule has 88 valence electrons. The minimum atomic E-state index is 0.510. The molecular weight excluding hydrogens is 216 g/mol. The highest BCUT2D eigenvalue weighted by Crippen LogP contribution is 2.42. The second kappa shape index (κ2) is 3.76. The number of benzene rings is 1. The van der Waals surface area contributed by atoms with Crippen LogP contribution in [0.3, 0.4) is 0 Å². The summed E-state index contributed by atoms with van der Waals surface area (Å²) < 4.78 is 7.02. The van der Waals surface area contributed by atoms with Crippen molar-refractivity contribution in [2.45, 2.75) is 18.8 Å². The van der Waals surface area contributed by atoms with E-state index in [1.165, 1.54) is 12.8 Å². The van der Waals surface area contributed by atoms with E-state index in [-0.39, 0.29) is 0 Å². The smallest absolute Gasteiger partial charge is 0.169 e. The van der Waals surface area contributed by atoms with Crippen LogP contribution < -0.4 is 10.5 Å². The van der Waals surface area contributed by atoms with E-state index in [2.05, 4.69) is 10.3 Å². The second-order valence-corrected chi connectivity index (χ2v) is 4.25. The van der Waals surface area contributed by atoms with Crippen molar-refractivity contribution in [2.75, 3.05) is 12.8 Å². The quantitative estimate of drug-likeness (QED) is 0.872. The number of anilines is 1. The molecule has 1 aliphatic rings. The van der Waals surface area contributed by atoms with Crippen molar-refractivity contribution >= 4 is 5.82 Å². The number of hydrogen-bond acceptors (Lipinski definition) is 4. The van der Waals surface area contributed by atoms with E-state index < -0.39 is 0 Å². The molecule has 1 fully saturated rings. The number of nitrogens with two attached hydrogens (primary N) is 1. The molecule has 2 aromatic rings. The average Bonchev–Trinajstić information content (AvgIpc) is 3.12. The second-order valence-electron chi connectivity index (χ2n) is 4.25. The van der Waals surface area contributed by atoms with Gasteiger partial charge in [-0.25, -0.2) is 4.68 Å². The molecule has 1 aliphatic carbocycles. The molecule has 5 nitrogen and oxygen atoms in total. The van der Waals surface area contributed by atoms with E-state index in [1.54, 1.807) is 7.11 Å². The molecule has 0 spiro atoms. The molecule has 0 bridgehead atoms. The average molecular weight is 230 g/mol. The highest BCUT2D eigenvalue weighted by Gasteiger charge is 2.31. The zero-order valence-electron chi connectivity index (χ0n) is 9.63. The third kappa shape index (κ3) is 1.73. The lowest BCUT2D eigenvalue weighted by Gasteiger charge is -2.07. The van der Waals surface area contributed by atoms with Crippen molar-refractivity contribution in [1.82, 2.24) is 15.0 Å². The molecule has 0 atom stereocenters. The lowest BCUT2D eigenvalue weighted by molar-refractivity contribution is 0.414. The summed E-state index contributed by atoms with van der Waals surface area (Å²) in [5, 5.41) is 8.07. The van der Waals surface area contributed by atoms with Gasteiger partial charge < -0.3 is 10.5 Å². The summed E-state index contributed by atoms with van der Waals surface area (Å²) >= 11 is 0. The SMILES string of the molecule is COc1cccc(-n2nnc(N)c2C2CC2)c1. The fourth-order valence-corrected chi connectivity index (χ4v) is 1.97. The Morgan fingerprint density at radius 1 is 1.41 bits per heavy atom. The zero-order chi connectivity index (χ0) is 11.8. The van der Waals surface area contributed by atoms with Crippen molar-refractivity contribution < 1.29 is 4.74 Å². The highest BCUT2D eigenvalue weighted by atomic mass is 16.5. The topological polar surface area (TPSA) is 66.0 Å². The normalized spacial score (nSPS) is 14.9. The van der Waals surface area contributed by atoms with E-state index in [0.29, 0.717) is 11.7 Å². The van der Waals surface area contributed by atoms with E-state index in [9.17, 15) is 0 Å². The molecule has 0 amide bonds. The predicted octanol–water partition coefficient (Wildman–Crippen LogP) is 1.74. The maximum absolute atomic E-state index is 5.86. The number of nitrogen functional groups attached to an aromatic ring is 1. The largest absolute Gasteiger partial charge is 0.497 e. The van der Waals surface area contributed by atoms with Crippen molar-refractivity contribution in [3.05, 3.63) is 30.0 Å². The number of aromatic nitrogens is 3. The number of rotatable bonds is 3. The predicted molar refractivity (Wildman–Crippen MR) is 64.3 cm³/mol. The summed E-state index contributed by atoms with van der Waals surface area (Å²) in [5.41, 5.74) is 7.83. The number of hydrogen-bond donors (Lipinski definition) is 1. The van der Waals surface area contributed by atoms with Gasteiger partial charge in [-0.2, -0.15) is 0 Å². The molecule has 1 aromatic heterocycles. The summed E-state index contributed by atoms with van der Waals surface area (Å²) in [7, 11) is 1.65. The van der Waals surface area contributed by atoms with Gasteiger partial charge in [0.05, 0.1) is 18.5 Å². The van der Waals surface area contributed by atoms with Gasteiger partial charge in [0.25, 0.3) is 0 Å². The van der Waals surface area contributed by atoms with Crippen LogP contribution in [0.1, 0.15) is 24.5 Å². The van der Waals surface area contributed by atoms with Gasteiger partial charge in [-0.05, 0) is 25.0 Å². The lowest BCUT2D eigenvalue weighted by Crippen LogP contribution is -2.02. The molecule has 0 radical (unpaired) electrons. The van der Waals surface area contributed by atoms with Crippen LogP contribution in [0, 0.1) is 0 Å². The van der Waals surface area contributed by atoms with Crippen molar-refractivity contribution in [3.63, 3.8) is 0 Å². The summed E-state index contributed by atoms with van der Waals surface area (Å²) in [6.45, 7) is 0. The van der Waals surface area contributed by atoms with Crippen LogP contribution in [0.4, 0.5) is 5.82 Å². The van der Waals surface area contributed by atoms with E-state index in [1.807, 2.05) is 28.9 Å². The van der Waals surface area contributed by atoms with Gasteiger partial charge in [0.15, 0.2) is 5.82 Å². The van der Waals surface area contributed by atoms with Crippen LogP contribution >= 0.6 is 0 Å². The Morgan fingerprint density at radius 2 is 2.24 bits per heavy atom. The standard InChI is InChI=1S/C12H14N4O/c1-17-10-4-2-3-9(7-10)16-11(8-5-6-8)12(13)14-15-16/h2-4,7-8H,5-6,13H2,1H3. The number of nitrogens with zero attached hydrogens (tertiary/aromatic N) is 3. The van der Waals surface area contributed by atoms with E-state index in [0.717, 1.165) is 17.1 Å². The lowest BCUT2D eigenvalue weighted by atomic mass is 10.2. The fourth-order valence-electron chi connectivity index (χ4n) is 1.97. The van der Waals surface area contributed by atoms with Gasteiger partial charge >= 0.3 is 0 Å². The Morgan fingerprint density at radius 3 is 2.94 bits per heavy atom. The van der Waals surface area contributed by atoms with Crippen LogP contribution in [0.25, 0.3) is 5.69 Å². The minimum Gasteiger partial charge on any atom is -0.497 e. The maximum atomic E-state index is 5.86. The molecule has 0 saturated heterocycles. The molecule has 5 heteroatoms. The molecule has 2 N–H and O–H groups in total. The maximum Gasteiger partial charge on any atom is 0.169 e. The zero-order valence-corrected chi connectivity index (χ0v) is 9.63. The summed E-state index contributed by atoms with van der Waals surface area (Å²) in [5.74, 6) is 1.85. The molecule has 1 heterocycles. The first-order valence-electron chi connectivity index (χ1n) is 5.65. The van der Waals surface area contributed by atoms with E-state index in [4.69, 9.17) is 10.5 Å². The van der Waals surface area contributed by atoms with Crippen LogP contribution in [0.15, 0.2) is 24.3 Å². The molecule has 3 rings (SSSR count). The Balaban J connectivity index is 2.08. The molecular formula is C12H14N4O. The number of ether oxygens (including phenoxy) is 1. The first kappa shape index (κ1) is 10.1. The van der Waals surface area contributed by atoms with Crippen LogP contribution in [-0.2, 0) is 0 Å². The molecule has 0 aliphatic heterocycles. The van der Waals surface area contributed by atoms with Gasteiger partial charge in [0.2, 0.25) is 0 Å². The van der Waals surface area contributed by atoms with Gasteiger partial charge in [-0.3, -0.25) is 0 Å². The molecule has 1 aromatic carbocycles. The molecule has 0 unspecified atom stereocenters. The van der Waals surface area contributed by atoms with Gasteiger partial charge in [0.1, 0.15) is 5.75 Å². The summed E-state index contributed by atoms with van der Waals surface area (Å²) in [4.78, 5) is 0. The molecule has 1 saturated carbocycles. The third-order valence-corrected chi connectivity index (χ3v) is 2.99. The van der Waals surface area contributed by atoms with Crippen molar-refractivity contribution in [1.29, 1.82) is 0 Å². The molecule has 17 heavy (non-hydrogen) atoms. The Bertz CT molecular complexity index is 545. The van der Waals surface area contributed by atoms with Gasteiger partial charge in [0, 0.05) is 12.0 Å². The minimum absolute atomic E-state index is 0.510. The van der Waals surface area contributed by atoms with Crippen LogP contribution in [0.5, 0.6) is 5.75 Å². The van der Waals surface area contributed by atoms with E-state index >= 15 is 0 Å². The Kier molecular flexibility index (Phi) is 2.24. The highest BCUT2D eigenvalue weighted by molar-refractivity contribution is 5.46. The summed E-state index contributed by atoms with van der Waals surface area (Å²) in [6.07, 6.45) is 2.34. The third-order valence-electron chi connectivity index (χ3n) is 2.99. The first-order chi connectivity index (χ1) is 8.29. The van der Waals surface area contributed by atoms with Crippen molar-refractivity contribution in [3.8, 4) is 11.4 Å². The van der Waals surface area contributed by atoms with Crippen molar-refractivity contribution in [2.24, 2.45) is 0 Å². The van der Waals surface area contributed by atoms with Crippen LogP contribution in [-0.4, -0.2) is 22.1 Å². The fraction of sp³-hybridized carbons (Fsp3) is 0.333. The summed E-state index contributed by atoms with van der Waals surface area (Å²) in [6, 6.07) is 7.74. The number of methoxy groups -OCH3 is 1. The Hall–Kier alpha value is -2.04. The van der Waals surface area contributed by atoms with Gasteiger partial charge in [-0.15, -0.1) is 5.10 Å². The van der Waals surface area contributed by atoms with Crippen LogP contribution in [0.2, 0.25) is 0 Å². The first-order valence-corrected chi connectivity index (χ1v) is 5.65. The Labute approximate surface area is 99.2 Å². The van der Waals surface area contributed by atoms with Gasteiger partial charge in [-0.1, -0.05) is 11.3 Å². The monoisotopic (exact) mass is 230 g/mol.